The average molecular weight is 697 g/mol. The van der Waals surface area contributed by atoms with E-state index in [2.05, 4.69) is 9.97 Å². The van der Waals surface area contributed by atoms with Crippen molar-refractivity contribution in [1.29, 1.82) is 0 Å². The van der Waals surface area contributed by atoms with Gasteiger partial charge in [-0.05, 0) is 98.2 Å². The van der Waals surface area contributed by atoms with Crippen molar-refractivity contribution < 1.29 is 36.6 Å². The van der Waals surface area contributed by atoms with Gasteiger partial charge in [0.2, 0.25) is 0 Å². The number of ether oxygens (including phenoxy) is 2. The molecule has 0 radical (unpaired) electrons. The lowest BCUT2D eigenvalue weighted by Gasteiger charge is -2.06. The van der Waals surface area contributed by atoms with Gasteiger partial charge in [0.1, 0.15) is 5.03 Å². The number of methoxy groups -OCH3 is 2. The summed E-state index contributed by atoms with van der Waals surface area (Å²) in [6.07, 6.45) is -2.58. The van der Waals surface area contributed by atoms with Crippen LogP contribution in [0.1, 0.15) is 84.6 Å². The monoisotopic (exact) mass is 696 g/mol. The topological polar surface area (TPSA) is 110 Å². The molecule has 0 amide bonds. The fourth-order valence-electron chi connectivity index (χ4n) is 6.09. The number of nitrogens with zero attached hydrogens (tertiary/aromatic N) is 2. The predicted octanol–water partition coefficient (Wildman–Crippen LogP) is 9.74. The summed E-state index contributed by atoms with van der Waals surface area (Å²) in [5, 5.41) is -0.758. The van der Waals surface area contributed by atoms with E-state index >= 15 is 0 Å². The van der Waals surface area contributed by atoms with Crippen molar-refractivity contribution in [2.45, 2.75) is 53.4 Å². The minimum Gasteiger partial charge on any atom is -0.469 e. The lowest BCUT2D eigenvalue weighted by Crippen LogP contribution is -2.01. The number of nitrogens with one attached hydrogen (secondary N) is 2. The van der Waals surface area contributed by atoms with Crippen LogP contribution in [0, 0.1) is 13.8 Å². The van der Waals surface area contributed by atoms with E-state index in [0.29, 0.717) is 56.0 Å². The lowest BCUT2D eigenvalue weighted by atomic mass is 9.98. The molecule has 5 heterocycles. The number of halogens is 5. The van der Waals surface area contributed by atoms with Crippen molar-refractivity contribution in [3.05, 3.63) is 81.5 Å². The van der Waals surface area contributed by atoms with Gasteiger partial charge in [-0.25, -0.2) is 9.97 Å². The van der Waals surface area contributed by atoms with Crippen molar-refractivity contribution in [2.24, 2.45) is 0 Å². The van der Waals surface area contributed by atoms with E-state index in [9.17, 15) is 27.2 Å². The highest BCUT2D eigenvalue weighted by molar-refractivity contribution is 6.50. The van der Waals surface area contributed by atoms with E-state index in [4.69, 9.17) is 31.0 Å². The summed E-state index contributed by atoms with van der Waals surface area (Å²) in [6.45, 7) is 6.94. The van der Waals surface area contributed by atoms with Crippen LogP contribution in [0.15, 0.2) is 36.4 Å². The summed E-state index contributed by atoms with van der Waals surface area (Å²) in [4.78, 5) is 40.4. The molecule has 2 N–H and O–H groups in total. The van der Waals surface area contributed by atoms with Crippen LogP contribution in [-0.2, 0) is 19.1 Å². The third-order valence-electron chi connectivity index (χ3n) is 8.84. The van der Waals surface area contributed by atoms with Crippen LogP contribution in [0.4, 0.5) is 17.6 Å². The molecule has 2 aliphatic heterocycles. The fourth-order valence-corrected chi connectivity index (χ4v) is 6.33. The molecule has 0 spiro atoms. The smallest absolute Gasteiger partial charge is 0.305 e. The first kappa shape index (κ1) is 35.3. The van der Waals surface area contributed by atoms with Gasteiger partial charge in [0.05, 0.1) is 37.0 Å². The average Bonchev–Trinajstić information content (AvgIpc) is 3.72. The van der Waals surface area contributed by atoms with E-state index in [0.717, 1.165) is 22.8 Å². The Kier molecular flexibility index (Phi) is 10.3. The van der Waals surface area contributed by atoms with Gasteiger partial charge in [-0.3, -0.25) is 9.59 Å². The van der Waals surface area contributed by atoms with Crippen LogP contribution in [0.2, 0.25) is 0 Å². The van der Waals surface area contributed by atoms with Crippen molar-refractivity contribution in [3.63, 3.8) is 0 Å². The van der Waals surface area contributed by atoms with E-state index < -0.39 is 29.1 Å². The summed E-state index contributed by atoms with van der Waals surface area (Å²) in [7, 11) is 2.61. The Labute approximate surface area is 284 Å². The zero-order chi connectivity index (χ0) is 35.7. The SMILES string of the molecule is COC(=O)CCC1=C(C)c2cc3[nH]c(cc4[nH]c(cc5nc(cc1n2)C(CCC(=O)OC)=C5C)c(C=C(F)F)c4C)c(C(Cl)=C(F)F)c3C. The Morgan fingerprint density at radius 3 is 1.69 bits per heavy atom. The Hall–Kier alpha value is -4.97. The molecule has 49 heavy (non-hydrogen) atoms. The lowest BCUT2D eigenvalue weighted by molar-refractivity contribution is -0.141. The van der Waals surface area contributed by atoms with Gasteiger partial charge in [-0.1, -0.05) is 11.6 Å². The van der Waals surface area contributed by atoms with Crippen LogP contribution >= 0.6 is 11.6 Å². The summed E-state index contributed by atoms with van der Waals surface area (Å²) in [5.74, 6) is -0.829. The van der Waals surface area contributed by atoms with E-state index in [1.165, 1.54) is 14.2 Å². The number of rotatable bonds is 8. The molecule has 0 unspecified atom stereocenters. The second-order valence-corrected chi connectivity index (χ2v) is 12.0. The summed E-state index contributed by atoms with van der Waals surface area (Å²) in [5.41, 5.74) is 7.30. The molecule has 0 saturated heterocycles. The van der Waals surface area contributed by atoms with Crippen molar-refractivity contribution in [2.75, 3.05) is 14.2 Å². The second-order valence-electron chi connectivity index (χ2n) is 11.7. The van der Waals surface area contributed by atoms with Gasteiger partial charge in [0.15, 0.2) is 0 Å². The second kappa shape index (κ2) is 14.3. The molecule has 5 rings (SSSR count). The summed E-state index contributed by atoms with van der Waals surface area (Å²) >= 11 is 6.17. The number of aromatic nitrogens is 4. The minimum absolute atomic E-state index is 0.0421. The zero-order valence-electron chi connectivity index (χ0n) is 27.6. The highest BCUT2D eigenvalue weighted by Gasteiger charge is 2.24. The molecule has 0 atom stereocenters. The van der Waals surface area contributed by atoms with Crippen LogP contribution in [0.25, 0.3) is 55.5 Å². The maximum absolute atomic E-state index is 14.0. The zero-order valence-corrected chi connectivity index (χ0v) is 28.4. The first-order chi connectivity index (χ1) is 23.2. The number of carbonyl (C=O) groups is 2. The molecule has 0 aromatic carbocycles. The van der Waals surface area contributed by atoms with Gasteiger partial charge < -0.3 is 19.4 Å². The summed E-state index contributed by atoms with van der Waals surface area (Å²) in [6, 6.07) is 6.64. The molecule has 0 aliphatic carbocycles. The molecule has 3 aromatic rings. The number of allylic oxidation sites excluding steroid dienone is 4. The Balaban J connectivity index is 1.96. The van der Waals surface area contributed by atoms with Crippen molar-refractivity contribution >= 4 is 79.0 Å². The van der Waals surface area contributed by atoms with E-state index in [1.54, 1.807) is 38.1 Å². The Morgan fingerprint density at radius 1 is 0.714 bits per heavy atom. The van der Waals surface area contributed by atoms with Crippen molar-refractivity contribution in [1.82, 2.24) is 19.9 Å². The molecule has 0 fully saturated rings. The van der Waals surface area contributed by atoms with Gasteiger partial charge in [0, 0.05) is 52.1 Å². The van der Waals surface area contributed by atoms with Gasteiger partial charge in [-0.15, -0.1) is 0 Å². The normalized spacial score (nSPS) is 12.7. The number of carbonyl (C=O) groups excluding carboxylic acids is 2. The number of aryl methyl sites for hydroxylation is 2. The van der Waals surface area contributed by atoms with Gasteiger partial charge >= 0.3 is 11.9 Å². The molecule has 256 valence electrons. The van der Waals surface area contributed by atoms with Crippen LogP contribution in [-0.4, -0.2) is 46.1 Å². The van der Waals surface area contributed by atoms with Crippen molar-refractivity contribution in [3.8, 4) is 0 Å². The number of H-pyrrole nitrogens is 2. The number of hydrogen-bond acceptors (Lipinski definition) is 6. The largest absolute Gasteiger partial charge is 0.469 e. The number of hydrogen-bond donors (Lipinski definition) is 2. The van der Waals surface area contributed by atoms with E-state index in [-0.39, 0.29) is 42.3 Å². The number of aromatic amines is 2. The molecule has 0 saturated carbocycles. The minimum atomic E-state index is -2.09. The summed E-state index contributed by atoms with van der Waals surface area (Å²) < 4.78 is 65.2. The molecule has 3 aromatic heterocycles. The molecule has 13 heteroatoms. The quantitative estimate of drug-likeness (QED) is 0.179. The molecule has 8 nitrogen and oxygen atoms in total. The van der Waals surface area contributed by atoms with Crippen LogP contribution in [0.3, 0.4) is 0 Å². The molecular formula is C36H33ClF4N4O4. The fraction of sp³-hybridized carbons (Fsp3) is 0.278. The van der Waals surface area contributed by atoms with Gasteiger partial charge in [0.25, 0.3) is 12.2 Å². The maximum Gasteiger partial charge on any atom is 0.305 e. The highest BCUT2D eigenvalue weighted by Crippen LogP contribution is 2.39. The first-order valence-corrected chi connectivity index (χ1v) is 15.7. The first-order valence-electron chi connectivity index (χ1n) is 15.3. The van der Waals surface area contributed by atoms with Gasteiger partial charge in [-0.2, -0.15) is 17.6 Å². The van der Waals surface area contributed by atoms with Crippen LogP contribution in [0.5, 0.6) is 0 Å². The number of esters is 2. The number of fused-ring (bicyclic) bond motifs is 8. The maximum atomic E-state index is 14.0. The van der Waals surface area contributed by atoms with E-state index in [1.807, 2.05) is 13.8 Å². The highest BCUT2D eigenvalue weighted by atomic mass is 35.5. The Morgan fingerprint density at radius 2 is 1.20 bits per heavy atom. The Bertz CT molecular complexity index is 2190. The van der Waals surface area contributed by atoms with Crippen LogP contribution < -0.4 is 0 Å². The molecule has 8 bridgehead atoms. The third kappa shape index (κ3) is 7.10. The predicted molar refractivity (Wildman–Crippen MR) is 183 cm³/mol. The molecular weight excluding hydrogens is 664 g/mol. The third-order valence-corrected chi connectivity index (χ3v) is 9.17. The molecule has 2 aliphatic rings. The standard InChI is InChI=1S/C36H33ClF4N4O4/c1-16-20(7-9-32(46)48-5)27-15-28-21(8-10-33(47)49-6)17(2)24(43-28)13-29-22(11-31(38)39)18(3)25(44-29)14-30-34(35(37)36(40)41)19(4)26(45-30)12-23(16)42-27/h11-15,44-45H,7-10H2,1-6H3.